The average molecular weight is 447 g/mol. The summed E-state index contributed by atoms with van der Waals surface area (Å²) < 4.78 is 2.16. The maximum atomic E-state index is 12.4. The van der Waals surface area contributed by atoms with Gasteiger partial charge in [-0.2, -0.15) is 0 Å². The Bertz CT molecular complexity index is 1010. The Morgan fingerprint density at radius 2 is 2.17 bits per heavy atom. The van der Waals surface area contributed by atoms with Gasteiger partial charge in [0.2, 0.25) is 5.91 Å². The summed E-state index contributed by atoms with van der Waals surface area (Å²) in [5.74, 6) is 1.12. The molecule has 0 saturated heterocycles. The molecule has 152 valence electrons. The van der Waals surface area contributed by atoms with E-state index >= 15 is 0 Å². The first-order chi connectivity index (χ1) is 14.2. The third-order valence-corrected chi connectivity index (χ3v) is 7.20. The van der Waals surface area contributed by atoms with Crippen molar-refractivity contribution in [2.45, 2.75) is 50.7 Å². The fraction of sp³-hybridized carbons (Fsp3) is 0.381. The summed E-state index contributed by atoms with van der Waals surface area (Å²) in [6.45, 7) is 2.98. The van der Waals surface area contributed by atoms with E-state index < -0.39 is 0 Å². The maximum Gasteiger partial charge on any atom is 0.234 e. The van der Waals surface area contributed by atoms with Gasteiger partial charge in [0, 0.05) is 33.1 Å². The minimum absolute atomic E-state index is 0.0854. The van der Waals surface area contributed by atoms with Crippen LogP contribution in [0.15, 0.2) is 34.8 Å². The summed E-state index contributed by atoms with van der Waals surface area (Å²) in [4.78, 5) is 13.9. The number of halogens is 1. The van der Waals surface area contributed by atoms with Crippen LogP contribution in [0.3, 0.4) is 0 Å². The van der Waals surface area contributed by atoms with Gasteiger partial charge in [-0.3, -0.25) is 4.79 Å². The molecule has 1 amide bonds. The highest BCUT2D eigenvalue weighted by molar-refractivity contribution is 7.99. The number of carbonyl (C=O) groups excluding carboxylic acids is 1. The summed E-state index contributed by atoms with van der Waals surface area (Å²) in [7, 11) is 0. The maximum absolute atomic E-state index is 12.4. The molecule has 1 aromatic carbocycles. The van der Waals surface area contributed by atoms with Crippen molar-refractivity contribution in [1.29, 1.82) is 0 Å². The molecule has 2 aromatic heterocycles. The summed E-state index contributed by atoms with van der Waals surface area (Å²) in [6, 6.07) is 7.16. The van der Waals surface area contributed by atoms with E-state index in [-0.39, 0.29) is 11.7 Å². The number of nitrogens with zero attached hydrogens (tertiary/aromatic N) is 3. The number of hydrogen-bond donors (Lipinski definition) is 1. The average Bonchev–Trinajstić information content (AvgIpc) is 3.30. The molecule has 0 atom stereocenters. The van der Waals surface area contributed by atoms with E-state index in [0.717, 1.165) is 30.4 Å². The third kappa shape index (κ3) is 4.68. The highest BCUT2D eigenvalue weighted by Crippen LogP contribution is 2.37. The van der Waals surface area contributed by atoms with Gasteiger partial charge in [0.05, 0.1) is 5.75 Å². The van der Waals surface area contributed by atoms with Crippen LogP contribution in [0.5, 0.6) is 0 Å². The van der Waals surface area contributed by atoms with Gasteiger partial charge in [-0.1, -0.05) is 36.4 Å². The van der Waals surface area contributed by atoms with E-state index in [2.05, 4.69) is 32.4 Å². The molecule has 1 aliphatic carbocycles. The molecule has 4 rings (SSSR count). The van der Waals surface area contributed by atoms with Gasteiger partial charge in [0.25, 0.3) is 0 Å². The summed E-state index contributed by atoms with van der Waals surface area (Å²) in [6.07, 6.45) is 5.80. The molecule has 0 spiro atoms. The molecule has 5 nitrogen and oxygen atoms in total. The fourth-order valence-corrected chi connectivity index (χ4v) is 5.67. The number of benzene rings is 1. The molecule has 3 aromatic rings. The van der Waals surface area contributed by atoms with Gasteiger partial charge in [0.15, 0.2) is 11.0 Å². The van der Waals surface area contributed by atoms with Gasteiger partial charge in [-0.05, 0) is 55.9 Å². The van der Waals surface area contributed by atoms with Gasteiger partial charge < -0.3 is 9.88 Å². The van der Waals surface area contributed by atoms with Crippen molar-refractivity contribution < 1.29 is 4.79 Å². The Kier molecular flexibility index (Phi) is 6.57. The fourth-order valence-electron chi connectivity index (χ4n) is 3.59. The SMILES string of the molecule is CCCn1c(SCC(=O)Nc2cccc(Cl)c2)nnc1-c1csc2c1CCCC2. The number of amides is 1. The number of aromatic nitrogens is 3. The normalized spacial score (nSPS) is 13.3. The van der Waals surface area contributed by atoms with E-state index in [4.69, 9.17) is 11.6 Å². The summed E-state index contributed by atoms with van der Waals surface area (Å²) in [5, 5.41) is 15.4. The van der Waals surface area contributed by atoms with Crippen molar-refractivity contribution in [2.75, 3.05) is 11.1 Å². The van der Waals surface area contributed by atoms with Crippen LogP contribution in [0.4, 0.5) is 5.69 Å². The Morgan fingerprint density at radius 3 is 3.00 bits per heavy atom. The van der Waals surface area contributed by atoms with E-state index in [1.165, 1.54) is 47.0 Å². The minimum Gasteiger partial charge on any atom is -0.325 e. The van der Waals surface area contributed by atoms with Crippen molar-refractivity contribution in [3.63, 3.8) is 0 Å². The molecular formula is C21H23ClN4OS2. The topological polar surface area (TPSA) is 59.8 Å². The van der Waals surface area contributed by atoms with Crippen molar-refractivity contribution in [3.8, 4) is 11.4 Å². The third-order valence-electron chi connectivity index (χ3n) is 4.91. The number of carbonyl (C=O) groups is 1. The second-order valence-corrected chi connectivity index (χ2v) is 9.41. The lowest BCUT2D eigenvalue weighted by molar-refractivity contribution is -0.113. The molecule has 0 fully saturated rings. The van der Waals surface area contributed by atoms with E-state index in [0.29, 0.717) is 10.7 Å². The van der Waals surface area contributed by atoms with E-state index in [9.17, 15) is 4.79 Å². The number of thioether (sulfide) groups is 1. The van der Waals surface area contributed by atoms with Crippen molar-refractivity contribution in [1.82, 2.24) is 14.8 Å². The Balaban J connectivity index is 1.49. The lowest BCUT2D eigenvalue weighted by Gasteiger charge is -2.13. The number of rotatable bonds is 7. The predicted molar refractivity (Wildman–Crippen MR) is 121 cm³/mol. The molecule has 0 saturated carbocycles. The quantitative estimate of drug-likeness (QED) is 0.474. The number of hydrogen-bond acceptors (Lipinski definition) is 5. The number of aryl methyl sites for hydroxylation is 1. The van der Waals surface area contributed by atoms with Crippen LogP contribution in [0, 0.1) is 0 Å². The summed E-state index contributed by atoms with van der Waals surface area (Å²) in [5.41, 5.74) is 3.37. The molecule has 0 radical (unpaired) electrons. The molecule has 29 heavy (non-hydrogen) atoms. The standard InChI is InChI=1S/C21H23ClN4OS2/c1-2-10-26-20(17-12-28-18-9-4-3-8-16(17)18)24-25-21(26)29-13-19(27)23-15-7-5-6-14(22)11-15/h5-7,11-12H,2-4,8-10,13H2,1H3,(H,23,27). The molecule has 8 heteroatoms. The first-order valence-corrected chi connectivity index (χ1v) is 12.1. The molecular weight excluding hydrogens is 424 g/mol. The lowest BCUT2D eigenvalue weighted by atomic mass is 9.95. The van der Waals surface area contributed by atoms with Crippen LogP contribution in [0.25, 0.3) is 11.4 Å². The largest absolute Gasteiger partial charge is 0.325 e. The number of nitrogens with one attached hydrogen (secondary N) is 1. The second-order valence-electron chi connectivity index (χ2n) is 7.06. The van der Waals surface area contributed by atoms with Crippen LogP contribution >= 0.6 is 34.7 Å². The first kappa shape index (κ1) is 20.4. The number of fused-ring (bicyclic) bond motifs is 1. The zero-order chi connectivity index (χ0) is 20.2. The van der Waals surface area contributed by atoms with Gasteiger partial charge in [-0.15, -0.1) is 21.5 Å². The summed E-state index contributed by atoms with van der Waals surface area (Å²) >= 11 is 9.24. The Hall–Kier alpha value is -1.83. The van der Waals surface area contributed by atoms with Gasteiger partial charge in [-0.25, -0.2) is 0 Å². The molecule has 2 heterocycles. The first-order valence-electron chi connectivity index (χ1n) is 9.86. The zero-order valence-electron chi connectivity index (χ0n) is 16.3. The highest BCUT2D eigenvalue weighted by atomic mass is 35.5. The lowest BCUT2D eigenvalue weighted by Crippen LogP contribution is -2.14. The minimum atomic E-state index is -0.0854. The smallest absolute Gasteiger partial charge is 0.234 e. The van der Waals surface area contributed by atoms with E-state index in [1.54, 1.807) is 12.1 Å². The van der Waals surface area contributed by atoms with Gasteiger partial charge in [0.1, 0.15) is 0 Å². The van der Waals surface area contributed by atoms with Crippen molar-refractivity contribution in [2.24, 2.45) is 0 Å². The second kappa shape index (κ2) is 9.32. The molecule has 1 aliphatic rings. The molecule has 0 unspecified atom stereocenters. The zero-order valence-corrected chi connectivity index (χ0v) is 18.7. The van der Waals surface area contributed by atoms with E-state index in [1.807, 2.05) is 23.5 Å². The van der Waals surface area contributed by atoms with Crippen LogP contribution < -0.4 is 5.32 Å². The van der Waals surface area contributed by atoms with Crippen molar-refractivity contribution in [3.05, 3.63) is 45.1 Å². The number of thiophene rings is 1. The molecule has 0 aliphatic heterocycles. The molecule has 0 bridgehead atoms. The Labute approximate surface area is 183 Å². The monoisotopic (exact) mass is 446 g/mol. The molecule has 1 N–H and O–H groups in total. The highest BCUT2D eigenvalue weighted by Gasteiger charge is 2.22. The van der Waals surface area contributed by atoms with Crippen LogP contribution in [0.2, 0.25) is 5.02 Å². The van der Waals surface area contributed by atoms with Crippen LogP contribution in [0.1, 0.15) is 36.6 Å². The van der Waals surface area contributed by atoms with Crippen molar-refractivity contribution >= 4 is 46.3 Å². The van der Waals surface area contributed by atoms with Crippen LogP contribution in [-0.4, -0.2) is 26.4 Å². The van der Waals surface area contributed by atoms with Gasteiger partial charge >= 0.3 is 0 Å². The Morgan fingerprint density at radius 1 is 1.31 bits per heavy atom. The predicted octanol–water partition coefficient (Wildman–Crippen LogP) is 5.68. The van der Waals surface area contributed by atoms with Crippen LogP contribution in [-0.2, 0) is 24.2 Å². The number of anilines is 1.